The predicted molar refractivity (Wildman–Crippen MR) is 109 cm³/mol. The van der Waals surface area contributed by atoms with E-state index in [2.05, 4.69) is 5.32 Å². The molecule has 1 saturated heterocycles. The third-order valence-corrected chi connectivity index (χ3v) is 5.65. The van der Waals surface area contributed by atoms with E-state index in [-0.39, 0.29) is 24.5 Å². The first-order chi connectivity index (χ1) is 14.1. The summed E-state index contributed by atoms with van der Waals surface area (Å²) in [6, 6.07) is 9.90. The fourth-order valence-corrected chi connectivity index (χ4v) is 3.68. The number of halogens is 2. The van der Waals surface area contributed by atoms with Gasteiger partial charge in [0.1, 0.15) is 5.82 Å². The topological polar surface area (TPSA) is 113 Å². The van der Waals surface area contributed by atoms with Gasteiger partial charge >= 0.3 is 0 Å². The highest BCUT2D eigenvalue weighted by Crippen LogP contribution is 2.31. The van der Waals surface area contributed by atoms with E-state index in [0.717, 1.165) is 10.4 Å². The number of carbonyl (C=O) groups is 2. The van der Waals surface area contributed by atoms with Crippen LogP contribution in [0, 0.1) is 5.82 Å². The van der Waals surface area contributed by atoms with Crippen LogP contribution >= 0.6 is 11.6 Å². The van der Waals surface area contributed by atoms with Crippen molar-refractivity contribution in [3.05, 3.63) is 58.9 Å². The van der Waals surface area contributed by atoms with Crippen LogP contribution in [0.1, 0.15) is 12.0 Å². The first kappa shape index (κ1) is 22.2. The highest BCUT2D eigenvalue weighted by molar-refractivity contribution is 7.80. The van der Waals surface area contributed by atoms with Gasteiger partial charge in [0.15, 0.2) is 0 Å². The molecule has 11 heteroatoms. The maximum Gasteiger partial charge on any atom is 0.268 e. The maximum absolute atomic E-state index is 13.4. The van der Waals surface area contributed by atoms with Crippen LogP contribution in [0.2, 0.25) is 5.02 Å². The van der Waals surface area contributed by atoms with Gasteiger partial charge in [-0.1, -0.05) is 17.7 Å². The van der Waals surface area contributed by atoms with Crippen LogP contribution in [0.25, 0.3) is 0 Å². The average Bonchev–Trinajstić information content (AvgIpc) is 3.00. The zero-order chi connectivity index (χ0) is 22.1. The number of rotatable bonds is 6. The average molecular weight is 455 g/mol. The Morgan fingerprint density at radius 3 is 2.80 bits per heavy atom. The third kappa shape index (κ3) is 4.46. The van der Waals surface area contributed by atoms with Crippen molar-refractivity contribution in [2.75, 3.05) is 22.8 Å². The van der Waals surface area contributed by atoms with Crippen LogP contribution in [-0.2, 0) is 27.4 Å². The zero-order valence-electron chi connectivity index (χ0n) is 15.8. The summed E-state index contributed by atoms with van der Waals surface area (Å²) in [7, 11) is 1.34. The lowest BCUT2D eigenvalue weighted by atomic mass is 10.0. The Morgan fingerprint density at radius 1 is 1.40 bits per heavy atom. The molecule has 1 aliphatic heterocycles. The first-order valence-electron chi connectivity index (χ1n) is 8.82. The van der Waals surface area contributed by atoms with Crippen molar-refractivity contribution in [1.29, 1.82) is 0 Å². The molecule has 0 aromatic heterocycles. The molecule has 2 N–H and O–H groups in total. The minimum absolute atomic E-state index is 0.0577. The van der Waals surface area contributed by atoms with Gasteiger partial charge in [0.05, 0.1) is 0 Å². The monoisotopic (exact) mass is 454 g/mol. The van der Waals surface area contributed by atoms with Crippen molar-refractivity contribution in [2.45, 2.75) is 18.6 Å². The predicted octanol–water partition coefficient (Wildman–Crippen LogP) is 1.49. The van der Waals surface area contributed by atoms with Gasteiger partial charge in [-0.2, -0.15) is 0 Å². The Balaban J connectivity index is 1.74. The minimum Gasteiger partial charge on any atom is -0.755 e. The number of aliphatic hydroxyl groups is 1. The highest BCUT2D eigenvalue weighted by Gasteiger charge is 2.51. The summed E-state index contributed by atoms with van der Waals surface area (Å²) in [5.41, 5.74) is -1.26. The van der Waals surface area contributed by atoms with Crippen molar-refractivity contribution in [2.24, 2.45) is 0 Å². The van der Waals surface area contributed by atoms with Crippen molar-refractivity contribution in [1.82, 2.24) is 5.32 Å². The van der Waals surface area contributed by atoms with E-state index < -0.39 is 34.5 Å². The molecule has 1 unspecified atom stereocenters. The van der Waals surface area contributed by atoms with Crippen molar-refractivity contribution in [3.63, 3.8) is 0 Å². The summed E-state index contributed by atoms with van der Waals surface area (Å²) in [5, 5.41) is 13.3. The standard InChI is InChI=1S/C19H19ClFN3O5S/c1-23(30(28)29)15-3-2-4-16(10-15)24-6-5-19(27,18(24)26)17(25)22-11-12-7-13(20)9-14(21)8-12/h2-4,7-10,27H,5-6,11H2,1H3,(H,22,25)(H,28,29)/p-1/t19-/m1/s1. The molecule has 2 aromatic rings. The maximum atomic E-state index is 13.4. The second kappa shape index (κ2) is 8.68. The molecule has 160 valence electrons. The van der Waals surface area contributed by atoms with Crippen LogP contribution in [0.4, 0.5) is 15.8 Å². The van der Waals surface area contributed by atoms with Gasteiger partial charge in [0, 0.05) is 54.2 Å². The summed E-state index contributed by atoms with van der Waals surface area (Å²) in [6.45, 7) is -0.0658. The summed E-state index contributed by atoms with van der Waals surface area (Å²) in [6.07, 6.45) is -0.158. The Hall–Kier alpha value is -2.53. The largest absolute Gasteiger partial charge is 0.755 e. The van der Waals surface area contributed by atoms with Gasteiger partial charge in [0.25, 0.3) is 11.8 Å². The van der Waals surface area contributed by atoms with Gasteiger partial charge in [-0.25, -0.2) is 4.39 Å². The summed E-state index contributed by atoms with van der Waals surface area (Å²) in [4.78, 5) is 26.6. The molecule has 1 heterocycles. The fraction of sp³-hybridized carbons (Fsp3) is 0.263. The fourth-order valence-electron chi connectivity index (χ4n) is 3.15. The van der Waals surface area contributed by atoms with Gasteiger partial charge in [-0.3, -0.25) is 13.8 Å². The highest BCUT2D eigenvalue weighted by atomic mass is 35.5. The molecule has 0 saturated carbocycles. The first-order valence-corrected chi connectivity index (χ1v) is 10.2. The van der Waals surface area contributed by atoms with E-state index in [0.29, 0.717) is 16.9 Å². The number of hydrogen-bond acceptors (Lipinski definition) is 5. The second-order valence-electron chi connectivity index (χ2n) is 6.76. The molecular formula is C19H18ClFN3O5S-. The Labute approximate surface area is 179 Å². The number of nitrogens with zero attached hydrogens (tertiary/aromatic N) is 2. The molecule has 0 bridgehead atoms. The lowest BCUT2D eigenvalue weighted by Gasteiger charge is -2.24. The summed E-state index contributed by atoms with van der Waals surface area (Å²) >= 11 is 3.28. The Bertz CT molecular complexity index is 1000. The molecule has 0 radical (unpaired) electrons. The van der Waals surface area contributed by atoms with Gasteiger partial charge < -0.3 is 24.2 Å². The van der Waals surface area contributed by atoms with E-state index in [1.54, 1.807) is 18.2 Å². The molecule has 2 atom stereocenters. The Morgan fingerprint density at radius 2 is 2.13 bits per heavy atom. The van der Waals surface area contributed by atoms with E-state index in [1.165, 1.54) is 30.1 Å². The molecule has 3 rings (SSSR count). The number of amides is 2. The number of carbonyl (C=O) groups excluding carboxylic acids is 2. The molecule has 1 fully saturated rings. The van der Waals surface area contributed by atoms with Crippen molar-refractivity contribution >= 4 is 46.1 Å². The SMILES string of the molecule is CN(c1cccc(N2CC[C@@](O)(C(=O)NCc3cc(F)cc(Cl)c3)C2=O)c1)S(=O)[O-]. The molecule has 1 aliphatic rings. The molecule has 8 nitrogen and oxygen atoms in total. The number of benzene rings is 2. The Kier molecular flexibility index (Phi) is 6.41. The number of anilines is 2. The third-order valence-electron chi connectivity index (χ3n) is 4.78. The number of nitrogens with one attached hydrogen (secondary N) is 1. The van der Waals surface area contributed by atoms with Crippen LogP contribution in [0.5, 0.6) is 0 Å². The molecule has 0 spiro atoms. The van der Waals surface area contributed by atoms with Gasteiger partial charge in [0.2, 0.25) is 5.60 Å². The molecule has 2 amide bonds. The van der Waals surface area contributed by atoms with E-state index in [4.69, 9.17) is 11.6 Å². The summed E-state index contributed by atoms with van der Waals surface area (Å²) < 4.78 is 36.7. The normalized spacial score (nSPS) is 19.6. The molecule has 30 heavy (non-hydrogen) atoms. The quantitative estimate of drug-likeness (QED) is 0.507. The van der Waals surface area contributed by atoms with E-state index in [9.17, 15) is 27.8 Å². The molecule has 2 aromatic carbocycles. The van der Waals surface area contributed by atoms with E-state index in [1.807, 2.05) is 0 Å². The zero-order valence-corrected chi connectivity index (χ0v) is 17.4. The number of hydrogen-bond donors (Lipinski definition) is 2. The van der Waals surface area contributed by atoms with E-state index >= 15 is 0 Å². The lowest BCUT2D eigenvalue weighted by molar-refractivity contribution is -0.149. The van der Waals surface area contributed by atoms with Crippen LogP contribution in [0.3, 0.4) is 0 Å². The minimum atomic E-state index is -2.50. The second-order valence-corrected chi connectivity index (χ2v) is 8.18. The van der Waals surface area contributed by atoms with Crippen LogP contribution in [-0.4, -0.2) is 44.9 Å². The smallest absolute Gasteiger partial charge is 0.268 e. The van der Waals surface area contributed by atoms with Crippen LogP contribution in [0.15, 0.2) is 42.5 Å². The lowest BCUT2D eigenvalue weighted by Crippen LogP contribution is -2.52. The molecule has 0 aliphatic carbocycles. The van der Waals surface area contributed by atoms with Crippen molar-refractivity contribution < 1.29 is 27.8 Å². The van der Waals surface area contributed by atoms with Crippen molar-refractivity contribution in [3.8, 4) is 0 Å². The summed E-state index contributed by atoms with van der Waals surface area (Å²) in [5.74, 6) is -2.32. The molecular weight excluding hydrogens is 437 g/mol. The van der Waals surface area contributed by atoms with Gasteiger partial charge in [-0.05, 0) is 42.0 Å². The van der Waals surface area contributed by atoms with Crippen LogP contribution < -0.4 is 14.5 Å². The van der Waals surface area contributed by atoms with Gasteiger partial charge in [-0.15, -0.1) is 0 Å².